The summed E-state index contributed by atoms with van der Waals surface area (Å²) in [4.78, 5) is 0. The van der Waals surface area contributed by atoms with E-state index in [2.05, 4.69) is 50.1 Å². The highest BCUT2D eigenvalue weighted by molar-refractivity contribution is 5.81. The Morgan fingerprint density at radius 1 is 1.20 bits per heavy atom. The molecule has 2 heteroatoms. The SMILES string of the molecule is Cn1nc(CC(C)(C)C)c2ccccc21. The molecule has 1 aromatic heterocycles. The molecular formula is C13H18N2. The van der Waals surface area contributed by atoms with Gasteiger partial charge in [-0.25, -0.2) is 0 Å². The topological polar surface area (TPSA) is 17.8 Å². The summed E-state index contributed by atoms with van der Waals surface area (Å²) in [7, 11) is 2.01. The van der Waals surface area contributed by atoms with Crippen LogP contribution in [0.25, 0.3) is 10.9 Å². The van der Waals surface area contributed by atoms with E-state index in [0.717, 1.165) is 6.42 Å². The maximum Gasteiger partial charge on any atom is 0.0708 e. The molecule has 0 bridgehead atoms. The van der Waals surface area contributed by atoms with Crippen LogP contribution in [-0.4, -0.2) is 9.78 Å². The van der Waals surface area contributed by atoms with Gasteiger partial charge in [0.2, 0.25) is 0 Å². The van der Waals surface area contributed by atoms with E-state index in [4.69, 9.17) is 0 Å². The van der Waals surface area contributed by atoms with E-state index in [0.29, 0.717) is 0 Å². The summed E-state index contributed by atoms with van der Waals surface area (Å²) in [5.74, 6) is 0. The first kappa shape index (κ1) is 10.2. The highest BCUT2D eigenvalue weighted by Gasteiger charge is 2.16. The van der Waals surface area contributed by atoms with E-state index in [1.54, 1.807) is 0 Å². The molecule has 1 heterocycles. The van der Waals surface area contributed by atoms with Crippen LogP contribution in [0.4, 0.5) is 0 Å². The van der Waals surface area contributed by atoms with E-state index in [-0.39, 0.29) is 5.41 Å². The fourth-order valence-corrected chi connectivity index (χ4v) is 1.92. The van der Waals surface area contributed by atoms with E-state index >= 15 is 0 Å². The van der Waals surface area contributed by atoms with Crippen molar-refractivity contribution in [2.75, 3.05) is 0 Å². The van der Waals surface area contributed by atoms with Crippen molar-refractivity contribution in [1.82, 2.24) is 9.78 Å². The third-order valence-electron chi connectivity index (χ3n) is 2.53. The second-order valence-corrected chi connectivity index (χ2v) is 5.32. The normalized spacial score (nSPS) is 12.3. The molecule has 0 unspecified atom stereocenters. The summed E-state index contributed by atoms with van der Waals surface area (Å²) in [6.07, 6.45) is 1.02. The first-order chi connectivity index (χ1) is 6.97. The number of fused-ring (bicyclic) bond motifs is 1. The zero-order valence-corrected chi connectivity index (χ0v) is 9.91. The first-order valence-electron chi connectivity index (χ1n) is 5.38. The van der Waals surface area contributed by atoms with Gasteiger partial charge in [-0.05, 0) is 17.9 Å². The predicted octanol–water partition coefficient (Wildman–Crippen LogP) is 3.16. The Bertz CT molecular complexity index is 475. The molecule has 0 saturated heterocycles. The number of aromatic nitrogens is 2. The molecule has 2 rings (SSSR count). The third kappa shape index (κ3) is 2.04. The van der Waals surface area contributed by atoms with E-state index in [9.17, 15) is 0 Å². The summed E-state index contributed by atoms with van der Waals surface area (Å²) < 4.78 is 1.97. The lowest BCUT2D eigenvalue weighted by atomic mass is 9.89. The molecule has 2 aromatic rings. The van der Waals surface area contributed by atoms with Crippen molar-refractivity contribution in [1.29, 1.82) is 0 Å². The Balaban J connectivity index is 2.53. The zero-order chi connectivity index (χ0) is 11.1. The summed E-state index contributed by atoms with van der Waals surface area (Å²) in [6, 6.07) is 8.42. The molecule has 0 atom stereocenters. The number of benzene rings is 1. The van der Waals surface area contributed by atoms with E-state index in [1.165, 1.54) is 16.6 Å². The zero-order valence-electron chi connectivity index (χ0n) is 9.91. The van der Waals surface area contributed by atoms with Gasteiger partial charge >= 0.3 is 0 Å². The maximum absolute atomic E-state index is 4.59. The largest absolute Gasteiger partial charge is 0.268 e. The van der Waals surface area contributed by atoms with Crippen molar-refractivity contribution in [3.8, 4) is 0 Å². The van der Waals surface area contributed by atoms with Gasteiger partial charge < -0.3 is 0 Å². The van der Waals surface area contributed by atoms with E-state index in [1.807, 2.05) is 11.7 Å². The minimum atomic E-state index is 0.289. The summed E-state index contributed by atoms with van der Waals surface area (Å²) >= 11 is 0. The van der Waals surface area contributed by atoms with Gasteiger partial charge in [-0.1, -0.05) is 39.0 Å². The minimum Gasteiger partial charge on any atom is -0.268 e. The standard InChI is InChI=1S/C13H18N2/c1-13(2,3)9-11-10-7-5-6-8-12(10)15(4)14-11/h5-8H,9H2,1-4H3. The van der Waals surface area contributed by atoms with Gasteiger partial charge in [0.1, 0.15) is 0 Å². The quantitative estimate of drug-likeness (QED) is 0.694. The van der Waals surface area contributed by atoms with Gasteiger partial charge in [0.15, 0.2) is 0 Å². The van der Waals surface area contributed by atoms with Gasteiger partial charge in [-0.15, -0.1) is 0 Å². The Hall–Kier alpha value is -1.31. The molecule has 0 aliphatic rings. The van der Waals surface area contributed by atoms with Gasteiger partial charge in [0.05, 0.1) is 11.2 Å². The van der Waals surface area contributed by atoms with Gasteiger partial charge in [0.25, 0.3) is 0 Å². The van der Waals surface area contributed by atoms with Crippen LogP contribution >= 0.6 is 0 Å². The average Bonchev–Trinajstić information content (AvgIpc) is 2.42. The Morgan fingerprint density at radius 2 is 1.87 bits per heavy atom. The number of rotatable bonds is 1. The van der Waals surface area contributed by atoms with Crippen LogP contribution in [0.15, 0.2) is 24.3 Å². The lowest BCUT2D eigenvalue weighted by molar-refractivity contribution is 0.405. The van der Waals surface area contributed by atoms with Gasteiger partial charge in [-0.2, -0.15) is 5.10 Å². The smallest absolute Gasteiger partial charge is 0.0708 e. The molecule has 1 aromatic carbocycles. The van der Waals surface area contributed by atoms with Crippen LogP contribution in [0.5, 0.6) is 0 Å². The van der Waals surface area contributed by atoms with E-state index < -0.39 is 0 Å². The van der Waals surface area contributed by atoms with Crippen LogP contribution in [-0.2, 0) is 13.5 Å². The molecule has 15 heavy (non-hydrogen) atoms. The first-order valence-corrected chi connectivity index (χ1v) is 5.38. The Kier molecular flexibility index (Phi) is 2.29. The average molecular weight is 202 g/mol. The molecule has 0 radical (unpaired) electrons. The second-order valence-electron chi connectivity index (χ2n) is 5.32. The molecule has 0 aliphatic carbocycles. The maximum atomic E-state index is 4.59. The van der Waals surface area contributed by atoms with Crippen LogP contribution in [0, 0.1) is 5.41 Å². The fraction of sp³-hybridized carbons (Fsp3) is 0.462. The lowest BCUT2D eigenvalue weighted by Gasteiger charge is -2.16. The molecule has 0 fully saturated rings. The molecule has 2 nitrogen and oxygen atoms in total. The summed E-state index contributed by atoms with van der Waals surface area (Å²) in [6.45, 7) is 6.74. The molecule has 0 amide bonds. The second kappa shape index (κ2) is 3.37. The van der Waals surface area contributed by atoms with Gasteiger partial charge in [0, 0.05) is 12.4 Å². The lowest BCUT2D eigenvalue weighted by Crippen LogP contribution is -2.10. The number of nitrogens with zero attached hydrogens (tertiary/aromatic N) is 2. The van der Waals surface area contributed by atoms with Crippen LogP contribution in [0.2, 0.25) is 0 Å². The molecule has 0 aliphatic heterocycles. The predicted molar refractivity (Wildman–Crippen MR) is 63.9 cm³/mol. The van der Waals surface area contributed by atoms with Crippen molar-refractivity contribution in [2.24, 2.45) is 12.5 Å². The number of aryl methyl sites for hydroxylation is 1. The van der Waals surface area contributed by atoms with Crippen LogP contribution < -0.4 is 0 Å². The van der Waals surface area contributed by atoms with Crippen LogP contribution in [0.1, 0.15) is 26.5 Å². The highest BCUT2D eigenvalue weighted by Crippen LogP contribution is 2.25. The highest BCUT2D eigenvalue weighted by atomic mass is 15.3. The van der Waals surface area contributed by atoms with Crippen molar-refractivity contribution >= 4 is 10.9 Å². The third-order valence-corrected chi connectivity index (χ3v) is 2.53. The van der Waals surface area contributed by atoms with Crippen molar-refractivity contribution in [3.05, 3.63) is 30.0 Å². The number of para-hydroxylation sites is 1. The Morgan fingerprint density at radius 3 is 2.53 bits per heavy atom. The van der Waals surface area contributed by atoms with Crippen LogP contribution in [0.3, 0.4) is 0 Å². The minimum absolute atomic E-state index is 0.289. The van der Waals surface area contributed by atoms with Gasteiger partial charge in [-0.3, -0.25) is 4.68 Å². The van der Waals surface area contributed by atoms with Crippen molar-refractivity contribution in [2.45, 2.75) is 27.2 Å². The number of hydrogen-bond acceptors (Lipinski definition) is 1. The molecular weight excluding hydrogens is 184 g/mol. The fourth-order valence-electron chi connectivity index (χ4n) is 1.92. The Labute approximate surface area is 90.9 Å². The molecule has 0 saturated carbocycles. The summed E-state index contributed by atoms with van der Waals surface area (Å²) in [5.41, 5.74) is 2.72. The monoisotopic (exact) mass is 202 g/mol. The molecule has 80 valence electrons. The van der Waals surface area contributed by atoms with Crippen molar-refractivity contribution in [3.63, 3.8) is 0 Å². The molecule has 0 N–H and O–H groups in total. The summed E-state index contributed by atoms with van der Waals surface area (Å²) in [5, 5.41) is 5.88. The number of hydrogen-bond donors (Lipinski definition) is 0. The molecule has 0 spiro atoms. The van der Waals surface area contributed by atoms with Crippen molar-refractivity contribution < 1.29 is 0 Å².